The normalized spacial score (nSPS) is 23.2. The molecule has 0 radical (unpaired) electrons. The standard InChI is InChI=1S/C21H32N4O3.HI/c1-2-27-21(26)25-12-10-18(11-13-25)24-20(22)23-15-17-9-6-14-28-19(17)16-7-4-3-5-8-16;/h3-5,7-8,17-19H,2,6,9-15H2,1H3,(H3,22,23,24);1H. The van der Waals surface area contributed by atoms with E-state index in [4.69, 9.17) is 15.2 Å². The molecule has 2 fully saturated rings. The molecule has 3 rings (SSSR count). The van der Waals surface area contributed by atoms with Gasteiger partial charge < -0.3 is 25.4 Å². The zero-order chi connectivity index (χ0) is 19.8. The number of ether oxygens (including phenoxy) is 2. The van der Waals surface area contributed by atoms with Gasteiger partial charge in [0.15, 0.2) is 5.96 Å². The predicted octanol–water partition coefficient (Wildman–Crippen LogP) is 3.30. The van der Waals surface area contributed by atoms with E-state index < -0.39 is 0 Å². The number of guanidine groups is 1. The van der Waals surface area contributed by atoms with Crippen molar-refractivity contribution in [1.82, 2.24) is 10.2 Å². The maximum absolute atomic E-state index is 11.8. The van der Waals surface area contributed by atoms with Gasteiger partial charge >= 0.3 is 6.09 Å². The fraction of sp³-hybridized carbons (Fsp3) is 0.619. The van der Waals surface area contributed by atoms with Crippen LogP contribution >= 0.6 is 24.0 Å². The molecule has 3 N–H and O–H groups in total. The SMILES string of the molecule is CCOC(=O)N1CCC(NC(N)=NCC2CCCOC2c2ccccc2)CC1.I. The lowest BCUT2D eigenvalue weighted by Crippen LogP contribution is -2.48. The van der Waals surface area contributed by atoms with Gasteiger partial charge in [-0.05, 0) is 38.2 Å². The summed E-state index contributed by atoms with van der Waals surface area (Å²) in [5, 5.41) is 3.31. The Kier molecular flexibility index (Phi) is 9.99. The zero-order valence-corrected chi connectivity index (χ0v) is 19.4. The number of benzene rings is 1. The number of amides is 1. The first kappa shape index (κ1) is 23.7. The maximum Gasteiger partial charge on any atom is 0.409 e. The molecule has 1 aromatic carbocycles. The van der Waals surface area contributed by atoms with E-state index in [9.17, 15) is 4.79 Å². The van der Waals surface area contributed by atoms with E-state index in [0.717, 1.165) is 32.3 Å². The first-order chi connectivity index (χ1) is 13.7. The Labute approximate surface area is 190 Å². The van der Waals surface area contributed by atoms with Gasteiger partial charge in [-0.3, -0.25) is 4.99 Å². The van der Waals surface area contributed by atoms with Crippen molar-refractivity contribution in [1.29, 1.82) is 0 Å². The monoisotopic (exact) mass is 516 g/mol. The highest BCUT2D eigenvalue weighted by molar-refractivity contribution is 14.0. The van der Waals surface area contributed by atoms with Gasteiger partial charge in [0.05, 0.1) is 12.7 Å². The summed E-state index contributed by atoms with van der Waals surface area (Å²) in [5.41, 5.74) is 7.35. The molecule has 162 valence electrons. The molecule has 2 heterocycles. The summed E-state index contributed by atoms with van der Waals surface area (Å²) in [6, 6.07) is 10.6. The summed E-state index contributed by atoms with van der Waals surface area (Å²) in [6.45, 7) is 5.04. The van der Waals surface area contributed by atoms with Crippen LogP contribution in [0.25, 0.3) is 0 Å². The van der Waals surface area contributed by atoms with Crippen molar-refractivity contribution >= 4 is 36.0 Å². The van der Waals surface area contributed by atoms with Crippen LogP contribution in [0.4, 0.5) is 4.79 Å². The highest BCUT2D eigenvalue weighted by Gasteiger charge is 2.27. The number of hydrogen-bond acceptors (Lipinski definition) is 4. The van der Waals surface area contributed by atoms with Crippen LogP contribution in [0.3, 0.4) is 0 Å². The summed E-state index contributed by atoms with van der Waals surface area (Å²) in [6.07, 6.45) is 3.69. The van der Waals surface area contributed by atoms with E-state index in [1.807, 2.05) is 25.1 Å². The molecule has 0 spiro atoms. The first-order valence-corrected chi connectivity index (χ1v) is 10.3. The number of nitrogens with one attached hydrogen (secondary N) is 1. The molecule has 7 nitrogen and oxygen atoms in total. The van der Waals surface area contributed by atoms with E-state index in [1.165, 1.54) is 5.56 Å². The second kappa shape index (κ2) is 12.2. The summed E-state index contributed by atoms with van der Waals surface area (Å²) in [7, 11) is 0. The van der Waals surface area contributed by atoms with Crippen molar-refractivity contribution in [3.05, 3.63) is 35.9 Å². The molecule has 2 aliphatic heterocycles. The third kappa shape index (κ3) is 7.02. The highest BCUT2D eigenvalue weighted by atomic mass is 127. The number of nitrogens with two attached hydrogens (primary N) is 1. The lowest BCUT2D eigenvalue weighted by molar-refractivity contribution is -0.0250. The molecule has 29 heavy (non-hydrogen) atoms. The van der Waals surface area contributed by atoms with E-state index in [1.54, 1.807) is 4.90 Å². The molecule has 2 unspecified atom stereocenters. The van der Waals surface area contributed by atoms with Crippen LogP contribution < -0.4 is 11.1 Å². The summed E-state index contributed by atoms with van der Waals surface area (Å²) in [4.78, 5) is 18.1. The lowest BCUT2D eigenvalue weighted by Gasteiger charge is -2.32. The molecule has 0 aliphatic carbocycles. The summed E-state index contributed by atoms with van der Waals surface area (Å²) in [5.74, 6) is 0.814. The van der Waals surface area contributed by atoms with Crippen LogP contribution in [0, 0.1) is 5.92 Å². The first-order valence-electron chi connectivity index (χ1n) is 10.3. The number of carbonyl (C=O) groups is 1. The Morgan fingerprint density at radius 3 is 2.69 bits per heavy atom. The average molecular weight is 516 g/mol. The third-order valence-electron chi connectivity index (χ3n) is 5.44. The third-order valence-corrected chi connectivity index (χ3v) is 5.44. The summed E-state index contributed by atoms with van der Waals surface area (Å²) >= 11 is 0. The van der Waals surface area contributed by atoms with Crippen molar-refractivity contribution in [2.75, 3.05) is 32.8 Å². The number of piperidine rings is 1. The molecule has 2 aliphatic rings. The summed E-state index contributed by atoms with van der Waals surface area (Å²) < 4.78 is 11.1. The molecule has 0 bridgehead atoms. The fourth-order valence-corrected chi connectivity index (χ4v) is 3.93. The van der Waals surface area contributed by atoms with Crippen molar-refractivity contribution < 1.29 is 14.3 Å². The Morgan fingerprint density at radius 2 is 2.00 bits per heavy atom. The van der Waals surface area contributed by atoms with Crippen LogP contribution in [0.2, 0.25) is 0 Å². The molecular formula is C21H33IN4O3. The molecule has 0 saturated carbocycles. The molecule has 1 amide bonds. The molecule has 0 aromatic heterocycles. The van der Waals surface area contributed by atoms with E-state index in [-0.39, 0.29) is 42.2 Å². The van der Waals surface area contributed by atoms with Gasteiger partial charge in [0.2, 0.25) is 0 Å². The van der Waals surface area contributed by atoms with Crippen LogP contribution in [0.15, 0.2) is 35.3 Å². The van der Waals surface area contributed by atoms with E-state index >= 15 is 0 Å². The molecule has 1 aromatic rings. The highest BCUT2D eigenvalue weighted by Crippen LogP contribution is 2.33. The molecular weight excluding hydrogens is 483 g/mol. The number of halogens is 1. The minimum Gasteiger partial charge on any atom is -0.450 e. The maximum atomic E-state index is 11.8. The lowest BCUT2D eigenvalue weighted by atomic mass is 9.89. The second-order valence-corrected chi connectivity index (χ2v) is 7.43. The second-order valence-electron chi connectivity index (χ2n) is 7.43. The molecule has 2 saturated heterocycles. The van der Waals surface area contributed by atoms with Gasteiger partial charge in [0.25, 0.3) is 0 Å². The number of likely N-dealkylation sites (tertiary alicyclic amines) is 1. The van der Waals surface area contributed by atoms with E-state index in [0.29, 0.717) is 38.1 Å². The topological polar surface area (TPSA) is 89.2 Å². The van der Waals surface area contributed by atoms with E-state index in [2.05, 4.69) is 22.4 Å². The van der Waals surface area contributed by atoms with Gasteiger partial charge in [-0.25, -0.2) is 4.79 Å². The van der Waals surface area contributed by atoms with Crippen LogP contribution in [-0.2, 0) is 9.47 Å². The quantitative estimate of drug-likeness (QED) is 0.356. The Balaban J connectivity index is 0.00000300. The molecule has 2 atom stereocenters. The number of aliphatic imine (C=N–C) groups is 1. The van der Waals surface area contributed by atoms with Gasteiger partial charge in [-0.15, -0.1) is 24.0 Å². The minimum absolute atomic E-state index is 0. The van der Waals surface area contributed by atoms with Crippen molar-refractivity contribution in [3.8, 4) is 0 Å². The number of hydrogen-bond donors (Lipinski definition) is 2. The molecule has 8 heteroatoms. The Bertz CT molecular complexity index is 651. The largest absolute Gasteiger partial charge is 0.450 e. The number of carbonyl (C=O) groups excluding carboxylic acids is 1. The number of rotatable bonds is 5. The van der Waals surface area contributed by atoms with Crippen LogP contribution in [0.1, 0.15) is 44.3 Å². The van der Waals surface area contributed by atoms with Crippen molar-refractivity contribution in [2.45, 2.75) is 44.8 Å². The minimum atomic E-state index is -0.230. The van der Waals surface area contributed by atoms with Gasteiger partial charge in [-0.1, -0.05) is 30.3 Å². The van der Waals surface area contributed by atoms with Gasteiger partial charge in [-0.2, -0.15) is 0 Å². The van der Waals surface area contributed by atoms with Crippen LogP contribution in [0.5, 0.6) is 0 Å². The van der Waals surface area contributed by atoms with Crippen molar-refractivity contribution in [3.63, 3.8) is 0 Å². The van der Waals surface area contributed by atoms with Gasteiger partial charge in [0, 0.05) is 38.2 Å². The predicted molar refractivity (Wildman–Crippen MR) is 125 cm³/mol. The number of nitrogens with zero attached hydrogens (tertiary/aromatic N) is 2. The van der Waals surface area contributed by atoms with Crippen LogP contribution in [-0.4, -0.2) is 55.8 Å². The smallest absolute Gasteiger partial charge is 0.409 e. The average Bonchev–Trinajstić information content (AvgIpc) is 2.74. The Morgan fingerprint density at radius 1 is 1.28 bits per heavy atom. The van der Waals surface area contributed by atoms with Crippen molar-refractivity contribution in [2.24, 2.45) is 16.6 Å². The zero-order valence-electron chi connectivity index (χ0n) is 17.1. The van der Waals surface area contributed by atoms with Gasteiger partial charge in [0.1, 0.15) is 0 Å². The fourth-order valence-electron chi connectivity index (χ4n) is 3.93. The Hall–Kier alpha value is -1.55.